The molecule has 9 heteroatoms. The average Bonchev–Trinajstić information content (AvgIpc) is 2.67. The Morgan fingerprint density at radius 1 is 1.07 bits per heavy atom. The van der Waals surface area contributed by atoms with Gasteiger partial charge in [0.25, 0.3) is 5.92 Å². The summed E-state index contributed by atoms with van der Waals surface area (Å²) in [7, 11) is 0. The first-order valence-corrected chi connectivity index (χ1v) is 9.38. The average molecular weight is 436 g/mol. The van der Waals surface area contributed by atoms with Gasteiger partial charge in [0.05, 0.1) is 24.5 Å². The highest BCUT2D eigenvalue weighted by molar-refractivity contribution is 5.85. The van der Waals surface area contributed by atoms with Crippen molar-refractivity contribution in [2.24, 2.45) is 0 Å². The summed E-state index contributed by atoms with van der Waals surface area (Å²) in [4.78, 5) is 19.0. The first-order chi connectivity index (χ1) is 13.9. The van der Waals surface area contributed by atoms with Crippen LogP contribution in [0.3, 0.4) is 0 Å². The van der Waals surface area contributed by atoms with Crippen LogP contribution in [0.2, 0.25) is 0 Å². The van der Waals surface area contributed by atoms with Crippen LogP contribution in [-0.2, 0) is 12.8 Å². The van der Waals surface area contributed by atoms with Gasteiger partial charge >= 0.3 is 0 Å². The Labute approximate surface area is 178 Å². The number of nitrogens with zero attached hydrogens (tertiary/aromatic N) is 5. The Kier molecular flexibility index (Phi) is 6.55. The van der Waals surface area contributed by atoms with Crippen molar-refractivity contribution in [1.82, 2.24) is 19.9 Å². The molecule has 158 valence electrons. The summed E-state index contributed by atoms with van der Waals surface area (Å²) in [5.41, 5.74) is 2.40. The van der Waals surface area contributed by atoms with Crippen molar-refractivity contribution < 1.29 is 13.2 Å². The second-order valence-corrected chi connectivity index (χ2v) is 7.38. The van der Waals surface area contributed by atoms with Crippen LogP contribution in [0.25, 0.3) is 0 Å². The molecule has 3 heterocycles. The van der Waals surface area contributed by atoms with Gasteiger partial charge in [-0.3, -0.25) is 9.97 Å². The third-order valence-corrected chi connectivity index (χ3v) is 4.89. The summed E-state index contributed by atoms with van der Waals surface area (Å²) in [6.45, 7) is 1.31. The van der Waals surface area contributed by atoms with E-state index < -0.39 is 5.92 Å². The predicted octanol–water partition coefficient (Wildman–Crippen LogP) is 4.22. The minimum atomic E-state index is -2.68. The fourth-order valence-electron chi connectivity index (χ4n) is 3.34. The molecule has 5 nitrogen and oxygen atoms in total. The molecule has 2 aromatic heterocycles. The van der Waals surface area contributed by atoms with Crippen molar-refractivity contribution in [3.63, 3.8) is 0 Å². The Balaban J connectivity index is 0.00000256. The molecule has 30 heavy (non-hydrogen) atoms. The van der Waals surface area contributed by atoms with Gasteiger partial charge in [0, 0.05) is 37.5 Å². The quantitative estimate of drug-likeness (QED) is 0.580. The van der Waals surface area contributed by atoms with Crippen LogP contribution in [0.5, 0.6) is 0 Å². The number of aromatic nitrogens is 4. The number of alkyl halides is 2. The zero-order valence-corrected chi connectivity index (χ0v) is 17.1. The van der Waals surface area contributed by atoms with Gasteiger partial charge in [-0.15, -0.1) is 12.4 Å². The first-order valence-electron chi connectivity index (χ1n) is 9.38. The number of anilines is 1. The summed E-state index contributed by atoms with van der Waals surface area (Å²) in [5, 5.41) is 0. The molecule has 1 aliphatic heterocycles. The van der Waals surface area contributed by atoms with E-state index in [-0.39, 0.29) is 37.2 Å². The maximum Gasteiger partial charge on any atom is 0.282 e. The summed E-state index contributed by atoms with van der Waals surface area (Å²) in [6.07, 6.45) is 5.79. The van der Waals surface area contributed by atoms with Gasteiger partial charge in [-0.25, -0.2) is 23.1 Å². The van der Waals surface area contributed by atoms with Crippen molar-refractivity contribution in [2.45, 2.75) is 31.6 Å². The number of halogens is 4. The van der Waals surface area contributed by atoms with E-state index in [1.165, 1.54) is 12.1 Å². The maximum absolute atomic E-state index is 13.4. The van der Waals surface area contributed by atoms with E-state index in [1.807, 2.05) is 6.92 Å². The van der Waals surface area contributed by atoms with Crippen LogP contribution < -0.4 is 4.90 Å². The summed E-state index contributed by atoms with van der Waals surface area (Å²) in [6, 6.07) is 8.05. The van der Waals surface area contributed by atoms with Gasteiger partial charge in [-0.1, -0.05) is 19.1 Å². The molecular formula is C21H21ClF3N5. The van der Waals surface area contributed by atoms with Gasteiger partial charge in [0.1, 0.15) is 17.5 Å². The summed E-state index contributed by atoms with van der Waals surface area (Å²) < 4.78 is 39.9. The minimum absolute atomic E-state index is 0. The second kappa shape index (κ2) is 8.95. The van der Waals surface area contributed by atoms with Gasteiger partial charge in [0.15, 0.2) is 0 Å². The topological polar surface area (TPSA) is 54.8 Å². The molecule has 0 N–H and O–H groups in total. The van der Waals surface area contributed by atoms with E-state index in [2.05, 4.69) is 19.9 Å². The molecule has 1 atom stereocenters. The molecular weight excluding hydrogens is 415 g/mol. The van der Waals surface area contributed by atoms with E-state index in [0.29, 0.717) is 30.2 Å². The lowest BCUT2D eigenvalue weighted by molar-refractivity contribution is -0.0267. The van der Waals surface area contributed by atoms with Crippen LogP contribution in [-0.4, -0.2) is 38.9 Å². The highest BCUT2D eigenvalue weighted by atomic mass is 35.5. The number of hydrogen-bond acceptors (Lipinski definition) is 5. The molecule has 1 aliphatic rings. The molecule has 0 aliphatic carbocycles. The zero-order chi connectivity index (χ0) is 20.4. The molecule has 0 bridgehead atoms. The highest BCUT2D eigenvalue weighted by Crippen LogP contribution is 2.31. The van der Waals surface area contributed by atoms with Crippen LogP contribution in [0, 0.1) is 5.82 Å². The van der Waals surface area contributed by atoms with Gasteiger partial charge < -0.3 is 4.90 Å². The Morgan fingerprint density at radius 3 is 2.43 bits per heavy atom. The standard InChI is InChI=1S/C21H20F3N5.ClH/c1-14(15-2-4-16(22)5-3-15)8-19-27-17(9-18-11-25-6-7-26-18)10-20(28-19)29-12-21(23,24)13-29;/h2-7,10-11,14H,8-9,12-13H2,1H3;1H/t14-;/m1./s1. The van der Waals surface area contributed by atoms with Crippen molar-refractivity contribution in [1.29, 1.82) is 0 Å². The van der Waals surface area contributed by atoms with E-state index in [9.17, 15) is 13.2 Å². The first kappa shape index (κ1) is 22.0. The van der Waals surface area contributed by atoms with Gasteiger partial charge in [0.2, 0.25) is 0 Å². The monoisotopic (exact) mass is 435 g/mol. The van der Waals surface area contributed by atoms with E-state index in [4.69, 9.17) is 0 Å². The van der Waals surface area contributed by atoms with Crippen molar-refractivity contribution in [3.05, 3.63) is 77.5 Å². The van der Waals surface area contributed by atoms with Crippen LogP contribution in [0.4, 0.5) is 19.0 Å². The molecule has 1 fully saturated rings. The lowest BCUT2D eigenvalue weighted by atomic mass is 9.97. The largest absolute Gasteiger partial charge is 0.344 e. The molecule has 3 aromatic rings. The number of benzene rings is 1. The van der Waals surface area contributed by atoms with Gasteiger partial charge in [-0.2, -0.15) is 0 Å². The smallest absolute Gasteiger partial charge is 0.282 e. The Hall–Kier alpha value is -2.74. The molecule has 0 saturated carbocycles. The Bertz CT molecular complexity index is 978. The van der Waals surface area contributed by atoms with E-state index >= 15 is 0 Å². The van der Waals surface area contributed by atoms with E-state index in [0.717, 1.165) is 11.3 Å². The normalized spacial score (nSPS) is 15.8. The summed E-state index contributed by atoms with van der Waals surface area (Å²) in [5.74, 6) is -1.87. The van der Waals surface area contributed by atoms with Crippen molar-refractivity contribution in [2.75, 3.05) is 18.0 Å². The summed E-state index contributed by atoms with van der Waals surface area (Å²) >= 11 is 0. The SMILES string of the molecule is C[C@H](Cc1nc(Cc2cnccn2)cc(N2CC(F)(F)C2)n1)c1ccc(F)cc1.Cl. The third-order valence-electron chi connectivity index (χ3n) is 4.89. The fraction of sp³-hybridized carbons (Fsp3) is 0.333. The molecule has 4 rings (SSSR count). The second-order valence-electron chi connectivity index (χ2n) is 7.38. The molecule has 0 unspecified atom stereocenters. The lowest BCUT2D eigenvalue weighted by Crippen LogP contribution is -2.56. The van der Waals surface area contributed by atoms with Crippen LogP contribution in [0.1, 0.15) is 35.6 Å². The number of rotatable bonds is 6. The van der Waals surface area contributed by atoms with Crippen LogP contribution in [0.15, 0.2) is 48.9 Å². The predicted molar refractivity (Wildman–Crippen MR) is 110 cm³/mol. The highest BCUT2D eigenvalue weighted by Gasteiger charge is 2.44. The fourth-order valence-corrected chi connectivity index (χ4v) is 3.34. The molecule has 0 spiro atoms. The van der Waals surface area contributed by atoms with E-state index in [1.54, 1.807) is 41.7 Å². The van der Waals surface area contributed by atoms with Crippen LogP contribution >= 0.6 is 12.4 Å². The maximum atomic E-state index is 13.4. The lowest BCUT2D eigenvalue weighted by Gasteiger charge is -2.39. The zero-order valence-electron chi connectivity index (χ0n) is 16.3. The Morgan fingerprint density at radius 2 is 1.80 bits per heavy atom. The number of hydrogen-bond donors (Lipinski definition) is 0. The molecule has 1 aromatic carbocycles. The molecule has 0 radical (unpaired) electrons. The van der Waals surface area contributed by atoms with Gasteiger partial charge in [-0.05, 0) is 23.6 Å². The van der Waals surface area contributed by atoms with Crippen molar-refractivity contribution in [3.8, 4) is 0 Å². The molecule has 1 saturated heterocycles. The minimum Gasteiger partial charge on any atom is -0.344 e. The third kappa shape index (κ3) is 5.24. The molecule has 0 amide bonds. The van der Waals surface area contributed by atoms with Crippen molar-refractivity contribution >= 4 is 18.2 Å².